The lowest BCUT2D eigenvalue weighted by molar-refractivity contribution is -0.286. The Hall–Kier alpha value is -2.85. The minimum absolute atomic E-state index is 0.290. The van der Waals surface area contributed by atoms with Crippen molar-refractivity contribution in [2.24, 2.45) is 0 Å². The van der Waals surface area contributed by atoms with E-state index in [1.165, 1.54) is 19.1 Å². The van der Waals surface area contributed by atoms with E-state index >= 15 is 0 Å². The molecule has 9 heteroatoms. The standard InChI is InChI=1S/C21H21FO8/c1-10(12-7-8-13(14(22)9-12)11-5-3-2-4-6-11)20(28)30-21-17(25)15(23)16(24)18(29-21)19(26)27/h2-10,15-18,21,23-25H,1H3,(H,26,27)/t10-,15+,16+,17+,18-,21+/m1/s1. The highest BCUT2D eigenvalue weighted by Crippen LogP contribution is 2.28. The Kier molecular flexibility index (Phi) is 6.47. The molecule has 8 nitrogen and oxygen atoms in total. The summed E-state index contributed by atoms with van der Waals surface area (Å²) in [5.41, 5.74) is 1.31. The van der Waals surface area contributed by atoms with Gasteiger partial charge in [-0.25, -0.2) is 9.18 Å². The maximum Gasteiger partial charge on any atom is 0.335 e. The number of carboxylic acid groups (broad SMARTS) is 1. The number of hydrogen-bond acceptors (Lipinski definition) is 7. The van der Waals surface area contributed by atoms with Crippen LogP contribution in [-0.4, -0.2) is 63.1 Å². The Morgan fingerprint density at radius 3 is 2.30 bits per heavy atom. The van der Waals surface area contributed by atoms with E-state index in [-0.39, 0.29) is 5.56 Å². The smallest absolute Gasteiger partial charge is 0.335 e. The third-order valence-electron chi connectivity index (χ3n) is 4.98. The summed E-state index contributed by atoms with van der Waals surface area (Å²) in [6, 6.07) is 13.1. The van der Waals surface area contributed by atoms with Gasteiger partial charge in [-0.2, -0.15) is 0 Å². The molecule has 0 amide bonds. The topological polar surface area (TPSA) is 134 Å². The first-order valence-electron chi connectivity index (χ1n) is 9.18. The van der Waals surface area contributed by atoms with E-state index in [1.807, 2.05) is 0 Å². The molecule has 1 heterocycles. The molecule has 1 aliphatic rings. The van der Waals surface area contributed by atoms with Crippen molar-refractivity contribution in [2.75, 3.05) is 0 Å². The van der Waals surface area contributed by atoms with Crippen LogP contribution in [-0.2, 0) is 19.1 Å². The molecular formula is C21H21FO8. The predicted molar refractivity (Wildman–Crippen MR) is 101 cm³/mol. The first-order chi connectivity index (χ1) is 14.2. The predicted octanol–water partition coefficient (Wildman–Crippen LogP) is 1.03. The van der Waals surface area contributed by atoms with E-state index in [9.17, 15) is 29.3 Å². The van der Waals surface area contributed by atoms with Gasteiger partial charge in [0.2, 0.25) is 6.29 Å². The van der Waals surface area contributed by atoms with Gasteiger partial charge in [0, 0.05) is 5.56 Å². The number of halogens is 1. The van der Waals surface area contributed by atoms with Crippen LogP contribution in [0.5, 0.6) is 0 Å². The highest BCUT2D eigenvalue weighted by Gasteiger charge is 2.48. The zero-order chi connectivity index (χ0) is 22.0. The second kappa shape index (κ2) is 8.88. The second-order valence-corrected chi connectivity index (χ2v) is 7.00. The lowest BCUT2D eigenvalue weighted by Gasteiger charge is -2.38. The molecule has 2 aromatic carbocycles. The zero-order valence-corrected chi connectivity index (χ0v) is 15.9. The van der Waals surface area contributed by atoms with Gasteiger partial charge in [-0.1, -0.05) is 42.5 Å². The highest BCUT2D eigenvalue weighted by molar-refractivity contribution is 5.78. The number of ether oxygens (including phenoxy) is 2. The fourth-order valence-electron chi connectivity index (χ4n) is 3.15. The number of esters is 1. The minimum atomic E-state index is -1.90. The average Bonchev–Trinajstić information content (AvgIpc) is 2.73. The molecule has 160 valence electrons. The van der Waals surface area contributed by atoms with Crippen LogP contribution in [0.25, 0.3) is 11.1 Å². The number of carbonyl (C=O) groups is 2. The fourth-order valence-corrected chi connectivity index (χ4v) is 3.15. The molecule has 4 N–H and O–H groups in total. The molecule has 6 atom stereocenters. The van der Waals surface area contributed by atoms with Gasteiger partial charge >= 0.3 is 11.9 Å². The number of hydrogen-bond donors (Lipinski definition) is 4. The van der Waals surface area contributed by atoms with Gasteiger partial charge in [0.05, 0.1) is 5.92 Å². The molecule has 0 aliphatic carbocycles. The van der Waals surface area contributed by atoms with Gasteiger partial charge in [-0.3, -0.25) is 4.79 Å². The van der Waals surface area contributed by atoms with E-state index in [1.54, 1.807) is 36.4 Å². The van der Waals surface area contributed by atoms with Crippen LogP contribution in [0.1, 0.15) is 18.4 Å². The van der Waals surface area contributed by atoms with Crippen LogP contribution in [0.3, 0.4) is 0 Å². The molecule has 30 heavy (non-hydrogen) atoms. The SMILES string of the molecule is C[C@@H](C(=O)O[C@@H]1O[C@@H](C(=O)O)[C@@H](O)[C@H](O)[C@@H]1O)c1ccc(-c2ccccc2)c(F)c1. The van der Waals surface area contributed by atoms with Crippen molar-refractivity contribution in [3.63, 3.8) is 0 Å². The summed E-state index contributed by atoms with van der Waals surface area (Å²) in [6.07, 6.45) is -9.35. The quantitative estimate of drug-likeness (QED) is 0.527. The van der Waals surface area contributed by atoms with Crippen molar-refractivity contribution >= 4 is 11.9 Å². The molecular weight excluding hydrogens is 399 g/mol. The molecule has 0 radical (unpaired) electrons. The van der Waals surface area contributed by atoms with Crippen molar-refractivity contribution in [3.05, 3.63) is 59.9 Å². The van der Waals surface area contributed by atoms with E-state index in [0.717, 1.165) is 0 Å². The van der Waals surface area contributed by atoms with Crippen LogP contribution in [0.4, 0.5) is 4.39 Å². The molecule has 0 saturated carbocycles. The Balaban J connectivity index is 1.74. The van der Waals surface area contributed by atoms with Gasteiger partial charge in [0.1, 0.15) is 24.1 Å². The van der Waals surface area contributed by atoms with Crippen molar-refractivity contribution in [1.29, 1.82) is 0 Å². The maximum atomic E-state index is 14.6. The normalized spacial score (nSPS) is 27.3. The van der Waals surface area contributed by atoms with Gasteiger partial charge in [-0.15, -0.1) is 0 Å². The summed E-state index contributed by atoms with van der Waals surface area (Å²) < 4.78 is 24.5. The molecule has 0 aromatic heterocycles. The number of aliphatic carboxylic acids is 1. The van der Waals surface area contributed by atoms with Crippen LogP contribution >= 0.6 is 0 Å². The first-order valence-corrected chi connectivity index (χ1v) is 9.18. The minimum Gasteiger partial charge on any atom is -0.479 e. The van der Waals surface area contributed by atoms with E-state index in [4.69, 9.17) is 14.6 Å². The van der Waals surface area contributed by atoms with Crippen molar-refractivity contribution in [3.8, 4) is 11.1 Å². The van der Waals surface area contributed by atoms with Crippen LogP contribution < -0.4 is 0 Å². The van der Waals surface area contributed by atoms with Gasteiger partial charge in [-0.05, 0) is 24.1 Å². The van der Waals surface area contributed by atoms with E-state index in [2.05, 4.69) is 0 Å². The molecule has 3 rings (SSSR count). The second-order valence-electron chi connectivity index (χ2n) is 7.00. The zero-order valence-electron chi connectivity index (χ0n) is 15.9. The monoisotopic (exact) mass is 420 g/mol. The summed E-state index contributed by atoms with van der Waals surface area (Å²) in [4.78, 5) is 23.6. The molecule has 1 aliphatic heterocycles. The number of aliphatic hydroxyl groups is 3. The maximum absolute atomic E-state index is 14.6. The number of benzene rings is 2. The van der Waals surface area contributed by atoms with Crippen molar-refractivity contribution in [1.82, 2.24) is 0 Å². The largest absolute Gasteiger partial charge is 0.479 e. The van der Waals surface area contributed by atoms with Crippen molar-refractivity contribution < 1.29 is 43.9 Å². The van der Waals surface area contributed by atoms with Gasteiger partial charge in [0.25, 0.3) is 0 Å². The Morgan fingerprint density at radius 2 is 1.70 bits per heavy atom. The molecule has 0 unspecified atom stereocenters. The van der Waals surface area contributed by atoms with Gasteiger partial charge in [0.15, 0.2) is 6.10 Å². The summed E-state index contributed by atoms with van der Waals surface area (Å²) in [5, 5.41) is 38.5. The van der Waals surface area contributed by atoms with Gasteiger partial charge < -0.3 is 29.9 Å². The van der Waals surface area contributed by atoms with E-state index < -0.39 is 54.4 Å². The summed E-state index contributed by atoms with van der Waals surface area (Å²) in [5.74, 6) is -4.05. The van der Waals surface area contributed by atoms with Crippen molar-refractivity contribution in [2.45, 2.75) is 43.5 Å². The summed E-state index contributed by atoms with van der Waals surface area (Å²) >= 11 is 0. The molecule has 1 saturated heterocycles. The number of carboxylic acids is 1. The lowest BCUT2D eigenvalue weighted by Crippen LogP contribution is -2.60. The summed E-state index contributed by atoms with van der Waals surface area (Å²) in [7, 11) is 0. The summed E-state index contributed by atoms with van der Waals surface area (Å²) in [6.45, 7) is 1.44. The van der Waals surface area contributed by atoms with Crippen LogP contribution in [0, 0.1) is 5.82 Å². The molecule has 0 bridgehead atoms. The molecule has 0 spiro atoms. The highest BCUT2D eigenvalue weighted by atomic mass is 19.1. The third kappa shape index (κ3) is 4.34. The fraction of sp³-hybridized carbons (Fsp3) is 0.333. The average molecular weight is 420 g/mol. The lowest BCUT2D eigenvalue weighted by atomic mass is 9.96. The number of aliphatic hydroxyl groups excluding tert-OH is 3. The Bertz CT molecular complexity index is 918. The number of carbonyl (C=O) groups excluding carboxylic acids is 1. The Labute approximate surface area is 171 Å². The van der Waals surface area contributed by atoms with Crippen LogP contribution in [0.15, 0.2) is 48.5 Å². The number of rotatable bonds is 5. The Morgan fingerprint density at radius 1 is 1.03 bits per heavy atom. The van der Waals surface area contributed by atoms with Crippen LogP contribution in [0.2, 0.25) is 0 Å². The third-order valence-corrected chi connectivity index (χ3v) is 4.98. The van der Waals surface area contributed by atoms with E-state index in [0.29, 0.717) is 11.1 Å². The molecule has 2 aromatic rings. The molecule has 1 fully saturated rings. The first kappa shape index (κ1) is 21.8.